The molecule has 3 aliphatic carbocycles. The first-order chi connectivity index (χ1) is 21.3. The first-order valence-electron chi connectivity index (χ1n) is 15.7. The Balaban J connectivity index is 1.43. The van der Waals surface area contributed by atoms with Gasteiger partial charge in [0.1, 0.15) is 18.5 Å². The van der Waals surface area contributed by atoms with Gasteiger partial charge < -0.3 is 34.6 Å². The SMILES string of the molecule is COc1cc(C=O)cc(I)c1OC1C=C(C(=O)NCCO)CC(N(CCN2CCOCC2)C(=O)CC2CC3CCC2C3)C1O. The van der Waals surface area contributed by atoms with E-state index in [1.165, 1.54) is 26.4 Å². The molecular formula is C32H44IN3O8. The van der Waals surface area contributed by atoms with E-state index in [2.05, 4.69) is 10.2 Å². The highest BCUT2D eigenvalue weighted by Gasteiger charge is 2.44. The van der Waals surface area contributed by atoms with Crippen LogP contribution in [-0.2, 0) is 14.3 Å². The molecule has 242 valence electrons. The fourth-order valence-electron chi connectivity index (χ4n) is 7.36. The summed E-state index contributed by atoms with van der Waals surface area (Å²) >= 11 is 2.05. The second kappa shape index (κ2) is 15.4. The number of aliphatic hydroxyl groups excluding tert-OH is 2. The Hall–Kier alpha value is -2.26. The van der Waals surface area contributed by atoms with Gasteiger partial charge in [0.2, 0.25) is 11.8 Å². The van der Waals surface area contributed by atoms with Gasteiger partial charge in [0, 0.05) is 56.7 Å². The topological polar surface area (TPSA) is 138 Å². The van der Waals surface area contributed by atoms with Crippen LogP contribution in [0.3, 0.4) is 0 Å². The molecule has 1 aliphatic heterocycles. The first kappa shape index (κ1) is 33.1. The number of morpholine rings is 1. The zero-order valence-electron chi connectivity index (χ0n) is 25.3. The summed E-state index contributed by atoms with van der Waals surface area (Å²) in [4.78, 5) is 42.9. The van der Waals surface area contributed by atoms with Crippen LogP contribution in [0.1, 0.15) is 48.9 Å². The highest BCUT2D eigenvalue weighted by Crippen LogP contribution is 2.50. The molecule has 5 rings (SSSR count). The van der Waals surface area contributed by atoms with E-state index in [0.29, 0.717) is 76.7 Å². The normalized spacial score (nSPS) is 28.3. The van der Waals surface area contributed by atoms with E-state index in [0.717, 1.165) is 25.8 Å². The lowest BCUT2D eigenvalue weighted by molar-refractivity contribution is -0.140. The van der Waals surface area contributed by atoms with Gasteiger partial charge in [-0.25, -0.2) is 0 Å². The summed E-state index contributed by atoms with van der Waals surface area (Å²) in [6.07, 6.45) is 5.51. The van der Waals surface area contributed by atoms with Crippen LogP contribution in [0.2, 0.25) is 0 Å². The lowest BCUT2D eigenvalue weighted by atomic mass is 9.84. The molecule has 2 saturated carbocycles. The molecule has 1 saturated heterocycles. The minimum atomic E-state index is -1.13. The molecule has 2 bridgehead atoms. The number of methoxy groups -OCH3 is 1. The summed E-state index contributed by atoms with van der Waals surface area (Å²) in [5.41, 5.74) is 0.794. The van der Waals surface area contributed by atoms with Crippen LogP contribution in [0, 0.1) is 21.3 Å². The predicted octanol–water partition coefficient (Wildman–Crippen LogP) is 2.01. The average molecular weight is 726 g/mol. The number of fused-ring (bicyclic) bond motifs is 2. The Morgan fingerprint density at radius 3 is 2.68 bits per heavy atom. The number of benzene rings is 1. The van der Waals surface area contributed by atoms with Gasteiger partial charge in [-0.2, -0.15) is 0 Å². The quantitative estimate of drug-likeness (QED) is 0.206. The van der Waals surface area contributed by atoms with E-state index in [4.69, 9.17) is 14.2 Å². The number of halogens is 1. The van der Waals surface area contributed by atoms with Crippen molar-refractivity contribution in [1.82, 2.24) is 15.1 Å². The number of rotatable bonds is 13. The zero-order valence-corrected chi connectivity index (χ0v) is 27.4. The van der Waals surface area contributed by atoms with Crippen molar-refractivity contribution in [1.29, 1.82) is 0 Å². The summed E-state index contributed by atoms with van der Waals surface area (Å²) in [6, 6.07) is 2.51. The lowest BCUT2D eigenvalue weighted by Crippen LogP contribution is -2.57. The Bertz CT molecular complexity index is 1220. The number of ether oxygens (including phenoxy) is 3. The maximum Gasteiger partial charge on any atom is 0.247 e. The van der Waals surface area contributed by atoms with Crippen molar-refractivity contribution >= 4 is 40.7 Å². The van der Waals surface area contributed by atoms with Gasteiger partial charge in [-0.1, -0.05) is 6.42 Å². The van der Waals surface area contributed by atoms with Gasteiger partial charge in [-0.3, -0.25) is 19.3 Å². The molecule has 11 nitrogen and oxygen atoms in total. The largest absolute Gasteiger partial charge is 0.493 e. The smallest absolute Gasteiger partial charge is 0.247 e. The van der Waals surface area contributed by atoms with Gasteiger partial charge in [0.25, 0.3) is 0 Å². The number of carbonyl (C=O) groups is 3. The maximum absolute atomic E-state index is 14.2. The van der Waals surface area contributed by atoms with Crippen molar-refractivity contribution in [2.24, 2.45) is 17.8 Å². The predicted molar refractivity (Wildman–Crippen MR) is 171 cm³/mol. The number of carbonyl (C=O) groups excluding carboxylic acids is 3. The lowest BCUT2D eigenvalue weighted by Gasteiger charge is -2.42. The van der Waals surface area contributed by atoms with E-state index < -0.39 is 18.2 Å². The van der Waals surface area contributed by atoms with E-state index in [9.17, 15) is 24.6 Å². The standard InChI is InChI=1S/C32H44IN3O8/c1-42-28-15-21(19-38)14-25(33)31(28)44-27-17-24(32(41)34-4-9-37)16-26(30(27)40)36(6-5-35-7-10-43-11-8-35)29(39)18-23-13-20-2-3-22(23)12-20/h14-15,17,19-20,22-23,26-27,30,37,40H,2-13,16,18H2,1H3,(H,34,41). The van der Waals surface area contributed by atoms with Gasteiger partial charge in [-0.15, -0.1) is 0 Å². The number of amides is 2. The van der Waals surface area contributed by atoms with Crippen molar-refractivity contribution in [3.63, 3.8) is 0 Å². The Morgan fingerprint density at radius 2 is 2.02 bits per heavy atom. The summed E-state index contributed by atoms with van der Waals surface area (Å²) in [7, 11) is 1.47. The summed E-state index contributed by atoms with van der Waals surface area (Å²) < 4.78 is 18.0. The third kappa shape index (κ3) is 7.75. The van der Waals surface area contributed by atoms with Crippen LogP contribution in [0.5, 0.6) is 11.5 Å². The van der Waals surface area contributed by atoms with E-state index in [1.54, 1.807) is 23.1 Å². The van der Waals surface area contributed by atoms with Gasteiger partial charge >= 0.3 is 0 Å². The number of aldehydes is 1. The molecule has 1 aromatic carbocycles. The Morgan fingerprint density at radius 1 is 1.23 bits per heavy atom. The fourth-order valence-corrected chi connectivity index (χ4v) is 8.11. The molecule has 0 aromatic heterocycles. The van der Waals surface area contributed by atoms with Crippen molar-refractivity contribution < 1.29 is 38.8 Å². The second-order valence-corrected chi connectivity index (χ2v) is 13.5. The van der Waals surface area contributed by atoms with Crippen molar-refractivity contribution in [2.45, 2.75) is 56.8 Å². The van der Waals surface area contributed by atoms with Crippen molar-refractivity contribution in [2.75, 3.05) is 59.7 Å². The van der Waals surface area contributed by atoms with Gasteiger partial charge in [-0.05, 0) is 77.8 Å². The van der Waals surface area contributed by atoms with Crippen LogP contribution in [0.25, 0.3) is 0 Å². The molecule has 1 aromatic rings. The minimum Gasteiger partial charge on any atom is -0.493 e. The van der Waals surface area contributed by atoms with E-state index in [-0.39, 0.29) is 31.4 Å². The van der Waals surface area contributed by atoms with Crippen LogP contribution < -0.4 is 14.8 Å². The first-order valence-corrected chi connectivity index (χ1v) is 16.8. The third-order valence-corrected chi connectivity index (χ3v) is 10.5. The highest BCUT2D eigenvalue weighted by atomic mass is 127. The molecule has 0 spiro atoms. The zero-order chi connectivity index (χ0) is 31.2. The summed E-state index contributed by atoms with van der Waals surface area (Å²) in [5, 5.41) is 23.9. The van der Waals surface area contributed by atoms with Crippen LogP contribution in [0.4, 0.5) is 0 Å². The molecule has 0 radical (unpaired) electrons. The van der Waals surface area contributed by atoms with E-state index >= 15 is 0 Å². The summed E-state index contributed by atoms with van der Waals surface area (Å²) in [5.74, 6) is 1.93. The average Bonchev–Trinajstić information content (AvgIpc) is 3.66. The molecule has 3 N–H and O–H groups in total. The van der Waals surface area contributed by atoms with Gasteiger partial charge in [0.05, 0.1) is 36.5 Å². The number of aliphatic hydroxyl groups is 2. The molecular weight excluding hydrogens is 681 g/mol. The molecule has 4 aliphatic rings. The Kier molecular flexibility index (Phi) is 11.6. The second-order valence-electron chi connectivity index (χ2n) is 12.3. The maximum atomic E-state index is 14.2. The van der Waals surface area contributed by atoms with Crippen LogP contribution in [-0.4, -0.2) is 116 Å². The molecule has 6 unspecified atom stereocenters. The molecule has 6 atom stereocenters. The van der Waals surface area contributed by atoms with E-state index in [1.807, 2.05) is 22.6 Å². The number of hydrogen-bond acceptors (Lipinski definition) is 9. The minimum absolute atomic E-state index is 0.00174. The highest BCUT2D eigenvalue weighted by molar-refractivity contribution is 14.1. The van der Waals surface area contributed by atoms with Crippen LogP contribution in [0.15, 0.2) is 23.8 Å². The summed E-state index contributed by atoms with van der Waals surface area (Å²) in [6.45, 7) is 3.75. The molecule has 3 fully saturated rings. The number of hydrogen-bond donors (Lipinski definition) is 3. The number of nitrogens with zero attached hydrogens (tertiary/aromatic N) is 2. The van der Waals surface area contributed by atoms with Crippen molar-refractivity contribution in [3.8, 4) is 11.5 Å². The monoisotopic (exact) mass is 725 g/mol. The van der Waals surface area contributed by atoms with Gasteiger partial charge in [0.15, 0.2) is 11.5 Å². The molecule has 12 heteroatoms. The fraction of sp³-hybridized carbons (Fsp3) is 0.656. The third-order valence-electron chi connectivity index (χ3n) is 9.66. The Labute approximate surface area is 272 Å². The molecule has 44 heavy (non-hydrogen) atoms. The molecule has 2 amide bonds. The number of nitrogens with one attached hydrogen (secondary N) is 1. The van der Waals surface area contributed by atoms with Crippen LogP contribution >= 0.6 is 22.6 Å². The molecule has 1 heterocycles. The van der Waals surface area contributed by atoms with Crippen molar-refractivity contribution in [3.05, 3.63) is 32.9 Å².